The van der Waals surface area contributed by atoms with Crippen LogP contribution in [0.2, 0.25) is 0 Å². The minimum absolute atomic E-state index is 0.0431. The molecule has 1 aromatic heterocycles. The molecule has 0 saturated carbocycles. The summed E-state index contributed by atoms with van der Waals surface area (Å²) in [6.45, 7) is 4.21. The van der Waals surface area contributed by atoms with Crippen molar-refractivity contribution in [3.63, 3.8) is 0 Å². The van der Waals surface area contributed by atoms with Gasteiger partial charge >= 0.3 is 0 Å². The topological polar surface area (TPSA) is 45.7 Å². The molecule has 0 unspecified atom stereocenters. The van der Waals surface area contributed by atoms with Crippen molar-refractivity contribution < 1.29 is 9.53 Å². The van der Waals surface area contributed by atoms with Crippen molar-refractivity contribution in [1.29, 1.82) is 0 Å². The predicted octanol–water partition coefficient (Wildman–Crippen LogP) is 3.70. The third kappa shape index (κ3) is 5.02. The van der Waals surface area contributed by atoms with Crippen LogP contribution in [0.25, 0.3) is 0 Å². The first-order valence-corrected chi connectivity index (χ1v) is 10.7. The van der Waals surface area contributed by atoms with Gasteiger partial charge in [-0.25, -0.2) is 4.98 Å². The molecule has 6 heteroatoms. The Balaban J connectivity index is 1.31. The second kappa shape index (κ2) is 9.20. The van der Waals surface area contributed by atoms with E-state index in [1.165, 1.54) is 5.56 Å². The minimum Gasteiger partial charge on any atom is -0.497 e. The van der Waals surface area contributed by atoms with Gasteiger partial charge in [0.2, 0.25) is 0 Å². The molecule has 0 spiro atoms. The van der Waals surface area contributed by atoms with Crippen molar-refractivity contribution in [3.8, 4) is 5.75 Å². The van der Waals surface area contributed by atoms with E-state index < -0.39 is 0 Å². The number of carbonyl (C=O) groups is 1. The summed E-state index contributed by atoms with van der Waals surface area (Å²) in [7, 11) is 1.66. The number of hydrogen-bond donors (Lipinski definition) is 0. The van der Waals surface area contributed by atoms with Gasteiger partial charge in [-0.3, -0.25) is 9.69 Å². The first-order chi connectivity index (χ1) is 14.2. The Morgan fingerprint density at radius 2 is 1.72 bits per heavy atom. The Morgan fingerprint density at radius 3 is 2.41 bits per heavy atom. The van der Waals surface area contributed by atoms with E-state index in [2.05, 4.69) is 34.1 Å². The first kappa shape index (κ1) is 19.6. The van der Waals surface area contributed by atoms with Gasteiger partial charge in [-0.15, -0.1) is 11.3 Å². The van der Waals surface area contributed by atoms with Gasteiger partial charge in [-0.2, -0.15) is 0 Å². The minimum atomic E-state index is 0.0431. The normalized spacial score (nSPS) is 14.7. The molecule has 1 aliphatic rings. The van der Waals surface area contributed by atoms with Gasteiger partial charge in [0.1, 0.15) is 11.4 Å². The fourth-order valence-electron chi connectivity index (χ4n) is 3.52. The summed E-state index contributed by atoms with van der Waals surface area (Å²) in [6.07, 6.45) is 0.729. The zero-order valence-electron chi connectivity index (χ0n) is 16.6. The maximum atomic E-state index is 12.8. The van der Waals surface area contributed by atoms with E-state index in [4.69, 9.17) is 4.74 Å². The number of nitrogens with zero attached hydrogens (tertiary/aromatic N) is 3. The van der Waals surface area contributed by atoms with Crippen molar-refractivity contribution in [2.24, 2.45) is 0 Å². The lowest BCUT2D eigenvalue weighted by Crippen LogP contribution is -2.48. The standard InChI is InChI=1S/C23H25N3O2S/c1-28-20-9-7-18(8-10-20)15-22-24-21(17-29-22)23(27)26-13-11-25(12-14-26)16-19-5-3-2-4-6-19/h2-10,17H,11-16H2,1H3. The van der Waals surface area contributed by atoms with Gasteiger partial charge in [-0.1, -0.05) is 42.5 Å². The van der Waals surface area contributed by atoms with Gasteiger partial charge in [0.15, 0.2) is 0 Å². The van der Waals surface area contributed by atoms with Crippen molar-refractivity contribution >= 4 is 17.2 Å². The Hall–Kier alpha value is -2.70. The number of hydrogen-bond acceptors (Lipinski definition) is 5. The summed E-state index contributed by atoms with van der Waals surface area (Å²) in [5.41, 5.74) is 3.04. The molecule has 4 rings (SSSR count). The molecule has 5 nitrogen and oxygen atoms in total. The Kier molecular flexibility index (Phi) is 6.22. The second-order valence-corrected chi connectivity index (χ2v) is 8.15. The third-order valence-corrected chi connectivity index (χ3v) is 6.04. The van der Waals surface area contributed by atoms with Crippen LogP contribution in [0.15, 0.2) is 60.0 Å². The molecule has 3 aromatic rings. The Labute approximate surface area is 175 Å². The van der Waals surface area contributed by atoms with Gasteiger partial charge in [-0.05, 0) is 23.3 Å². The van der Waals surface area contributed by atoms with Crippen LogP contribution in [0.3, 0.4) is 0 Å². The van der Waals surface area contributed by atoms with Crippen molar-refractivity contribution in [2.45, 2.75) is 13.0 Å². The van der Waals surface area contributed by atoms with Crippen molar-refractivity contribution in [2.75, 3.05) is 33.3 Å². The quantitative estimate of drug-likeness (QED) is 0.625. The molecule has 150 valence electrons. The number of piperazine rings is 1. The van der Waals surface area contributed by atoms with E-state index in [0.717, 1.165) is 55.5 Å². The maximum absolute atomic E-state index is 12.8. The molecule has 0 atom stereocenters. The number of rotatable bonds is 6. The lowest BCUT2D eigenvalue weighted by molar-refractivity contribution is 0.0623. The van der Waals surface area contributed by atoms with E-state index in [1.54, 1.807) is 18.4 Å². The van der Waals surface area contributed by atoms with Crippen LogP contribution in [-0.4, -0.2) is 54.0 Å². The van der Waals surface area contributed by atoms with E-state index in [1.807, 2.05) is 40.6 Å². The van der Waals surface area contributed by atoms with E-state index >= 15 is 0 Å². The first-order valence-electron chi connectivity index (χ1n) is 9.84. The number of carbonyl (C=O) groups excluding carboxylic acids is 1. The zero-order valence-corrected chi connectivity index (χ0v) is 17.4. The summed E-state index contributed by atoms with van der Waals surface area (Å²) in [4.78, 5) is 21.8. The van der Waals surface area contributed by atoms with E-state index in [-0.39, 0.29) is 5.91 Å². The van der Waals surface area contributed by atoms with E-state index in [0.29, 0.717) is 5.69 Å². The summed E-state index contributed by atoms with van der Waals surface area (Å²) in [5, 5.41) is 2.85. The van der Waals surface area contributed by atoms with Crippen LogP contribution in [0.1, 0.15) is 26.6 Å². The van der Waals surface area contributed by atoms with Crippen molar-refractivity contribution in [1.82, 2.24) is 14.8 Å². The molecule has 1 amide bonds. The number of benzene rings is 2. The number of thiazole rings is 1. The van der Waals surface area contributed by atoms with Crippen LogP contribution in [0, 0.1) is 0 Å². The molecule has 0 N–H and O–H groups in total. The number of aromatic nitrogens is 1. The third-order valence-electron chi connectivity index (χ3n) is 5.19. The summed E-state index contributed by atoms with van der Waals surface area (Å²) < 4.78 is 5.20. The Morgan fingerprint density at radius 1 is 1.00 bits per heavy atom. The molecule has 1 saturated heterocycles. The monoisotopic (exact) mass is 407 g/mol. The highest BCUT2D eigenvalue weighted by molar-refractivity contribution is 7.09. The SMILES string of the molecule is COc1ccc(Cc2nc(C(=O)N3CCN(Cc4ccccc4)CC3)cs2)cc1. The van der Waals surface area contributed by atoms with Gasteiger partial charge in [0.25, 0.3) is 5.91 Å². The molecule has 29 heavy (non-hydrogen) atoms. The number of ether oxygens (including phenoxy) is 1. The summed E-state index contributed by atoms with van der Waals surface area (Å²) in [6, 6.07) is 18.4. The highest BCUT2D eigenvalue weighted by atomic mass is 32.1. The van der Waals surface area contributed by atoms with Gasteiger partial charge in [0.05, 0.1) is 12.1 Å². The van der Waals surface area contributed by atoms with Crippen LogP contribution in [0.4, 0.5) is 0 Å². The average Bonchev–Trinajstić information content (AvgIpc) is 3.23. The molecule has 0 radical (unpaired) electrons. The predicted molar refractivity (Wildman–Crippen MR) is 116 cm³/mol. The average molecular weight is 408 g/mol. The molecule has 2 aromatic carbocycles. The zero-order chi connectivity index (χ0) is 20.1. The largest absolute Gasteiger partial charge is 0.497 e. The summed E-state index contributed by atoms with van der Waals surface area (Å²) >= 11 is 1.55. The van der Waals surface area contributed by atoms with Gasteiger partial charge in [0, 0.05) is 44.5 Å². The molecule has 2 heterocycles. The van der Waals surface area contributed by atoms with Crippen molar-refractivity contribution in [3.05, 3.63) is 81.8 Å². The van der Waals surface area contributed by atoms with Crippen LogP contribution in [0.5, 0.6) is 5.75 Å². The van der Waals surface area contributed by atoms with Crippen LogP contribution in [-0.2, 0) is 13.0 Å². The molecule has 0 aliphatic carbocycles. The summed E-state index contributed by atoms with van der Waals surface area (Å²) in [5.74, 6) is 0.886. The van der Waals surface area contributed by atoms with Gasteiger partial charge < -0.3 is 9.64 Å². The Bertz CT molecular complexity index is 932. The fourth-order valence-corrected chi connectivity index (χ4v) is 4.32. The number of methoxy groups -OCH3 is 1. The molecule has 0 bridgehead atoms. The highest BCUT2D eigenvalue weighted by Crippen LogP contribution is 2.19. The molecule has 1 fully saturated rings. The van der Waals surface area contributed by atoms with Crippen LogP contribution >= 0.6 is 11.3 Å². The maximum Gasteiger partial charge on any atom is 0.273 e. The van der Waals surface area contributed by atoms with E-state index in [9.17, 15) is 4.79 Å². The molecule has 1 aliphatic heterocycles. The molecular formula is C23H25N3O2S. The van der Waals surface area contributed by atoms with Crippen LogP contribution < -0.4 is 4.74 Å². The smallest absolute Gasteiger partial charge is 0.273 e. The number of amides is 1. The lowest BCUT2D eigenvalue weighted by atomic mass is 10.1. The highest BCUT2D eigenvalue weighted by Gasteiger charge is 2.23. The lowest BCUT2D eigenvalue weighted by Gasteiger charge is -2.34. The molecular weight excluding hydrogens is 382 g/mol. The fraction of sp³-hybridized carbons (Fsp3) is 0.304. The second-order valence-electron chi connectivity index (χ2n) is 7.21.